The van der Waals surface area contributed by atoms with Crippen LogP contribution in [0.3, 0.4) is 0 Å². The highest BCUT2D eigenvalue weighted by atomic mass is 127. The molecule has 0 atom stereocenters. The van der Waals surface area contributed by atoms with E-state index in [4.69, 9.17) is 0 Å². The molecular weight excluding hydrogens is 411 g/mol. The molecule has 2 rings (SSSR count). The molecule has 3 nitrogen and oxygen atoms in total. The average Bonchev–Trinajstić information content (AvgIpc) is 2.85. The number of hydrogen-bond acceptors (Lipinski definition) is 2. The second-order valence-electron chi connectivity index (χ2n) is 6.39. The standard InChI is InChI=1S/C20H27IN2O/c1-4-5-6-7-8-9-13-19-15(2)22-23(16(19)3)20(24)17-11-10-12-18(21)14-17/h10-12,14H,4-9,13H2,1-3H3. The summed E-state index contributed by atoms with van der Waals surface area (Å²) in [6.07, 6.45) is 8.71. The number of hydrogen-bond donors (Lipinski definition) is 0. The third-order valence-electron chi connectivity index (χ3n) is 4.49. The van der Waals surface area contributed by atoms with Crippen molar-refractivity contribution in [3.05, 3.63) is 50.4 Å². The number of carbonyl (C=O) groups is 1. The van der Waals surface area contributed by atoms with Crippen molar-refractivity contribution in [1.29, 1.82) is 0 Å². The molecule has 0 amide bonds. The molecule has 0 radical (unpaired) electrons. The molecule has 0 unspecified atom stereocenters. The number of halogens is 1. The van der Waals surface area contributed by atoms with Gasteiger partial charge in [0.1, 0.15) is 0 Å². The van der Waals surface area contributed by atoms with Crippen LogP contribution in [0.5, 0.6) is 0 Å². The van der Waals surface area contributed by atoms with Gasteiger partial charge in [0, 0.05) is 14.8 Å². The first-order chi connectivity index (χ1) is 11.5. The van der Waals surface area contributed by atoms with Gasteiger partial charge in [-0.15, -0.1) is 0 Å². The Kier molecular flexibility index (Phi) is 7.46. The smallest absolute Gasteiger partial charge is 0.267 e. The number of benzene rings is 1. The summed E-state index contributed by atoms with van der Waals surface area (Å²) < 4.78 is 2.64. The molecule has 130 valence electrons. The van der Waals surface area contributed by atoms with Gasteiger partial charge in [-0.25, -0.2) is 4.68 Å². The fourth-order valence-corrected chi connectivity index (χ4v) is 3.60. The maximum absolute atomic E-state index is 12.7. The van der Waals surface area contributed by atoms with Crippen LogP contribution in [-0.4, -0.2) is 15.7 Å². The van der Waals surface area contributed by atoms with Crippen LogP contribution in [0.4, 0.5) is 0 Å². The van der Waals surface area contributed by atoms with Crippen LogP contribution in [0, 0.1) is 17.4 Å². The Hall–Kier alpha value is -1.17. The number of aryl methyl sites for hydroxylation is 1. The molecule has 1 aromatic heterocycles. The van der Waals surface area contributed by atoms with Crippen molar-refractivity contribution < 1.29 is 4.79 Å². The van der Waals surface area contributed by atoms with Gasteiger partial charge in [0.25, 0.3) is 5.91 Å². The van der Waals surface area contributed by atoms with E-state index in [1.807, 2.05) is 38.1 Å². The van der Waals surface area contributed by atoms with Crippen LogP contribution in [0.2, 0.25) is 0 Å². The molecule has 1 heterocycles. The fraction of sp³-hybridized carbons (Fsp3) is 0.500. The first-order valence-electron chi connectivity index (χ1n) is 8.90. The molecule has 0 aliphatic carbocycles. The Labute approximate surface area is 159 Å². The highest BCUT2D eigenvalue weighted by Gasteiger charge is 2.17. The van der Waals surface area contributed by atoms with Gasteiger partial charge in [0.2, 0.25) is 0 Å². The average molecular weight is 438 g/mol. The van der Waals surface area contributed by atoms with E-state index in [0.717, 1.165) is 21.4 Å². The van der Waals surface area contributed by atoms with E-state index in [9.17, 15) is 4.79 Å². The number of carbonyl (C=O) groups excluding carboxylic acids is 1. The van der Waals surface area contributed by atoms with Gasteiger partial charge < -0.3 is 0 Å². The molecule has 0 bridgehead atoms. The summed E-state index contributed by atoms with van der Waals surface area (Å²) in [4.78, 5) is 12.7. The zero-order chi connectivity index (χ0) is 17.5. The van der Waals surface area contributed by atoms with E-state index in [-0.39, 0.29) is 5.91 Å². The van der Waals surface area contributed by atoms with Gasteiger partial charge in [0.15, 0.2) is 0 Å². The lowest BCUT2D eigenvalue weighted by atomic mass is 10.0. The van der Waals surface area contributed by atoms with E-state index in [0.29, 0.717) is 5.56 Å². The van der Waals surface area contributed by atoms with Gasteiger partial charge >= 0.3 is 0 Å². The maximum Gasteiger partial charge on any atom is 0.278 e. The van der Waals surface area contributed by atoms with Crippen LogP contribution >= 0.6 is 22.6 Å². The predicted octanol–water partition coefficient (Wildman–Crippen LogP) is 5.70. The van der Waals surface area contributed by atoms with Crippen LogP contribution < -0.4 is 0 Å². The lowest BCUT2D eigenvalue weighted by Crippen LogP contribution is -2.15. The number of nitrogens with zero attached hydrogens (tertiary/aromatic N) is 2. The van der Waals surface area contributed by atoms with Crippen molar-refractivity contribution in [2.75, 3.05) is 0 Å². The van der Waals surface area contributed by atoms with Crippen LogP contribution in [0.25, 0.3) is 0 Å². The molecule has 0 fully saturated rings. The van der Waals surface area contributed by atoms with Crippen molar-refractivity contribution >= 4 is 28.5 Å². The van der Waals surface area contributed by atoms with Crippen LogP contribution in [-0.2, 0) is 6.42 Å². The van der Waals surface area contributed by atoms with E-state index in [1.165, 1.54) is 44.1 Å². The van der Waals surface area contributed by atoms with Crippen molar-refractivity contribution in [2.24, 2.45) is 0 Å². The topological polar surface area (TPSA) is 34.9 Å². The van der Waals surface area contributed by atoms with Crippen molar-refractivity contribution in [2.45, 2.75) is 65.7 Å². The van der Waals surface area contributed by atoms with Crippen molar-refractivity contribution in [3.63, 3.8) is 0 Å². The SMILES string of the molecule is CCCCCCCCc1c(C)nn(C(=O)c2cccc(I)c2)c1C. The second kappa shape index (κ2) is 9.35. The largest absolute Gasteiger partial charge is 0.278 e. The Morgan fingerprint density at radius 2 is 1.83 bits per heavy atom. The zero-order valence-electron chi connectivity index (χ0n) is 14.9. The summed E-state index contributed by atoms with van der Waals surface area (Å²) in [5.74, 6) is -0.0386. The summed E-state index contributed by atoms with van der Waals surface area (Å²) in [5, 5.41) is 4.51. The normalized spacial score (nSPS) is 11.0. The van der Waals surface area contributed by atoms with E-state index in [2.05, 4.69) is 34.6 Å². The van der Waals surface area contributed by atoms with Gasteiger partial charge in [-0.1, -0.05) is 45.1 Å². The predicted molar refractivity (Wildman–Crippen MR) is 108 cm³/mol. The Morgan fingerprint density at radius 1 is 1.12 bits per heavy atom. The quantitative estimate of drug-likeness (QED) is 0.392. The van der Waals surface area contributed by atoms with Gasteiger partial charge in [0.05, 0.1) is 5.69 Å². The Balaban J connectivity index is 2.04. The van der Waals surface area contributed by atoms with Gasteiger partial charge in [-0.2, -0.15) is 5.10 Å². The number of rotatable bonds is 8. The lowest BCUT2D eigenvalue weighted by molar-refractivity contribution is 0.0942. The monoisotopic (exact) mass is 438 g/mol. The van der Waals surface area contributed by atoms with Crippen molar-refractivity contribution in [1.82, 2.24) is 9.78 Å². The molecule has 0 spiro atoms. The van der Waals surface area contributed by atoms with Crippen molar-refractivity contribution in [3.8, 4) is 0 Å². The molecular formula is C20H27IN2O. The molecule has 0 saturated heterocycles. The summed E-state index contributed by atoms with van der Waals surface area (Å²) in [5.41, 5.74) is 3.91. The van der Waals surface area contributed by atoms with E-state index >= 15 is 0 Å². The highest BCUT2D eigenvalue weighted by Crippen LogP contribution is 2.19. The third kappa shape index (κ3) is 4.91. The minimum atomic E-state index is -0.0386. The highest BCUT2D eigenvalue weighted by molar-refractivity contribution is 14.1. The molecule has 1 aromatic carbocycles. The molecule has 24 heavy (non-hydrogen) atoms. The molecule has 0 aliphatic rings. The first-order valence-corrected chi connectivity index (χ1v) is 9.97. The summed E-state index contributed by atoms with van der Waals surface area (Å²) in [7, 11) is 0. The van der Waals surface area contributed by atoms with Gasteiger partial charge in [-0.05, 0) is 73.0 Å². The zero-order valence-corrected chi connectivity index (χ0v) is 17.1. The molecule has 4 heteroatoms. The fourth-order valence-electron chi connectivity index (χ4n) is 3.06. The Morgan fingerprint density at radius 3 is 2.54 bits per heavy atom. The van der Waals surface area contributed by atoms with E-state index in [1.54, 1.807) is 4.68 Å². The molecule has 0 saturated carbocycles. The molecule has 2 aromatic rings. The van der Waals surface area contributed by atoms with Crippen LogP contribution in [0.1, 0.15) is 72.8 Å². The van der Waals surface area contributed by atoms with E-state index < -0.39 is 0 Å². The van der Waals surface area contributed by atoms with Gasteiger partial charge in [-0.3, -0.25) is 4.79 Å². The Bertz CT molecular complexity index is 691. The summed E-state index contributed by atoms with van der Waals surface area (Å²) in [6.45, 7) is 6.27. The lowest BCUT2D eigenvalue weighted by Gasteiger charge is -2.05. The molecule has 0 aliphatic heterocycles. The summed E-state index contributed by atoms with van der Waals surface area (Å²) in [6, 6.07) is 7.67. The minimum Gasteiger partial charge on any atom is -0.267 e. The first kappa shape index (κ1) is 19.2. The number of unbranched alkanes of at least 4 members (excludes halogenated alkanes) is 5. The van der Waals surface area contributed by atoms with Crippen LogP contribution in [0.15, 0.2) is 24.3 Å². The third-order valence-corrected chi connectivity index (χ3v) is 5.16. The maximum atomic E-state index is 12.7. The number of aromatic nitrogens is 2. The minimum absolute atomic E-state index is 0.0386. The summed E-state index contributed by atoms with van der Waals surface area (Å²) >= 11 is 2.23. The molecule has 0 N–H and O–H groups in total. The second-order valence-corrected chi connectivity index (χ2v) is 7.64.